The number of carboxylic acid groups (broad SMARTS) is 1. The first kappa shape index (κ1) is 14.4. The van der Waals surface area contributed by atoms with Crippen LogP contribution in [0.1, 0.15) is 37.3 Å². The lowest BCUT2D eigenvalue weighted by atomic mass is 10.0. The molecular weight excluding hydrogens is 256 g/mol. The molecule has 2 amide bonds. The van der Waals surface area contributed by atoms with Gasteiger partial charge in [-0.2, -0.15) is 0 Å². The topological polar surface area (TPSA) is 78.4 Å². The molecule has 20 heavy (non-hydrogen) atoms. The fourth-order valence-corrected chi connectivity index (χ4v) is 2.20. The van der Waals surface area contributed by atoms with Crippen molar-refractivity contribution in [3.8, 4) is 0 Å². The van der Waals surface area contributed by atoms with Gasteiger partial charge in [0.05, 0.1) is 6.04 Å². The van der Waals surface area contributed by atoms with E-state index in [1.54, 1.807) is 0 Å². The quantitative estimate of drug-likeness (QED) is 0.669. The second kappa shape index (κ2) is 6.93. The number of aliphatic carboxylic acids is 1. The molecule has 0 aliphatic heterocycles. The van der Waals surface area contributed by atoms with E-state index in [1.165, 1.54) is 0 Å². The van der Waals surface area contributed by atoms with E-state index in [2.05, 4.69) is 10.6 Å². The average molecular weight is 276 g/mol. The molecule has 1 saturated carbocycles. The maximum absolute atomic E-state index is 11.8. The minimum atomic E-state index is -0.840. The fourth-order valence-electron chi connectivity index (χ4n) is 2.20. The minimum absolute atomic E-state index is 0.0515. The molecule has 5 nitrogen and oxygen atoms in total. The summed E-state index contributed by atoms with van der Waals surface area (Å²) in [7, 11) is 0. The minimum Gasteiger partial charge on any atom is -0.481 e. The lowest BCUT2D eigenvalue weighted by Gasteiger charge is -2.19. The van der Waals surface area contributed by atoms with Crippen LogP contribution in [0, 0.1) is 5.92 Å². The third-order valence-corrected chi connectivity index (χ3v) is 3.39. The number of urea groups is 1. The van der Waals surface area contributed by atoms with Gasteiger partial charge in [-0.25, -0.2) is 4.79 Å². The van der Waals surface area contributed by atoms with E-state index >= 15 is 0 Å². The normalized spacial score (nSPS) is 15.4. The first-order valence-electron chi connectivity index (χ1n) is 6.98. The lowest BCUT2D eigenvalue weighted by molar-refractivity contribution is -0.137. The monoisotopic (exact) mass is 276 g/mol. The van der Waals surface area contributed by atoms with Crippen molar-refractivity contribution in [2.24, 2.45) is 5.92 Å². The van der Waals surface area contributed by atoms with Gasteiger partial charge in [0.25, 0.3) is 0 Å². The standard InChI is InChI=1S/C15H20N2O3/c18-13(19)7-4-10-16-15(20)17-14(12-8-9-12)11-5-2-1-3-6-11/h1-3,5-6,12,14H,4,7-10H2,(H,18,19)(H2,16,17,20). The molecule has 1 aliphatic carbocycles. The van der Waals surface area contributed by atoms with Crippen molar-refractivity contribution in [1.82, 2.24) is 10.6 Å². The van der Waals surface area contributed by atoms with Crippen molar-refractivity contribution in [2.45, 2.75) is 31.7 Å². The summed E-state index contributed by atoms with van der Waals surface area (Å²) in [6, 6.07) is 9.77. The van der Waals surface area contributed by atoms with Gasteiger partial charge in [-0.15, -0.1) is 0 Å². The van der Waals surface area contributed by atoms with Crippen molar-refractivity contribution in [1.29, 1.82) is 0 Å². The summed E-state index contributed by atoms with van der Waals surface area (Å²) in [5, 5.41) is 14.2. The molecule has 1 aliphatic rings. The Morgan fingerprint density at radius 2 is 1.95 bits per heavy atom. The van der Waals surface area contributed by atoms with E-state index in [0.717, 1.165) is 18.4 Å². The summed E-state index contributed by atoms with van der Waals surface area (Å²) >= 11 is 0. The maximum Gasteiger partial charge on any atom is 0.315 e. The molecule has 0 aromatic heterocycles. The Labute approximate surface area is 118 Å². The Morgan fingerprint density at radius 1 is 1.25 bits per heavy atom. The van der Waals surface area contributed by atoms with E-state index in [-0.39, 0.29) is 18.5 Å². The second-order valence-corrected chi connectivity index (χ2v) is 5.12. The van der Waals surface area contributed by atoms with Gasteiger partial charge in [0.15, 0.2) is 0 Å². The highest BCUT2D eigenvalue weighted by atomic mass is 16.4. The molecule has 0 heterocycles. The number of carbonyl (C=O) groups is 2. The molecule has 1 aromatic rings. The zero-order valence-corrected chi connectivity index (χ0v) is 11.3. The molecule has 0 radical (unpaired) electrons. The predicted molar refractivity (Wildman–Crippen MR) is 75.3 cm³/mol. The summed E-state index contributed by atoms with van der Waals surface area (Å²) in [5.74, 6) is -0.325. The second-order valence-electron chi connectivity index (χ2n) is 5.12. The number of benzene rings is 1. The molecule has 1 fully saturated rings. The molecular formula is C15H20N2O3. The fraction of sp³-hybridized carbons (Fsp3) is 0.467. The SMILES string of the molecule is O=C(O)CCCNC(=O)NC(c1ccccc1)C1CC1. The van der Waals surface area contributed by atoms with Crippen LogP contribution >= 0.6 is 0 Å². The van der Waals surface area contributed by atoms with E-state index in [1.807, 2.05) is 30.3 Å². The molecule has 2 rings (SSSR count). The predicted octanol–water partition coefficient (Wildman–Crippen LogP) is 2.30. The highest BCUT2D eigenvalue weighted by molar-refractivity contribution is 5.74. The van der Waals surface area contributed by atoms with Gasteiger partial charge >= 0.3 is 12.0 Å². The van der Waals surface area contributed by atoms with Crippen LogP contribution in [0.2, 0.25) is 0 Å². The average Bonchev–Trinajstić information content (AvgIpc) is 3.26. The number of carboxylic acids is 1. The molecule has 108 valence electrons. The Balaban J connectivity index is 1.80. The van der Waals surface area contributed by atoms with Gasteiger partial charge in [0.2, 0.25) is 0 Å². The molecule has 1 unspecified atom stereocenters. The summed E-state index contributed by atoms with van der Waals surface area (Å²) in [6.07, 6.45) is 2.80. The van der Waals surface area contributed by atoms with Crippen LogP contribution in [-0.4, -0.2) is 23.7 Å². The van der Waals surface area contributed by atoms with Gasteiger partial charge in [0.1, 0.15) is 0 Å². The molecule has 3 N–H and O–H groups in total. The molecule has 1 atom stereocenters. The van der Waals surface area contributed by atoms with Gasteiger partial charge in [-0.3, -0.25) is 4.79 Å². The maximum atomic E-state index is 11.8. The van der Waals surface area contributed by atoms with Crippen LogP contribution in [0.5, 0.6) is 0 Å². The number of nitrogens with one attached hydrogen (secondary N) is 2. The van der Waals surface area contributed by atoms with Crippen molar-refractivity contribution >= 4 is 12.0 Å². The highest BCUT2D eigenvalue weighted by Crippen LogP contribution is 2.40. The van der Waals surface area contributed by atoms with Crippen molar-refractivity contribution in [3.63, 3.8) is 0 Å². The van der Waals surface area contributed by atoms with Crippen molar-refractivity contribution in [3.05, 3.63) is 35.9 Å². The third-order valence-electron chi connectivity index (χ3n) is 3.39. The van der Waals surface area contributed by atoms with E-state index in [9.17, 15) is 9.59 Å². The lowest BCUT2D eigenvalue weighted by Crippen LogP contribution is -2.39. The number of hydrogen-bond donors (Lipinski definition) is 3. The largest absolute Gasteiger partial charge is 0.481 e. The van der Waals surface area contributed by atoms with Gasteiger partial charge < -0.3 is 15.7 Å². The van der Waals surface area contributed by atoms with E-state index in [0.29, 0.717) is 18.9 Å². The Kier molecular flexibility index (Phi) is 4.98. The zero-order chi connectivity index (χ0) is 14.4. The van der Waals surface area contributed by atoms with Crippen molar-refractivity contribution < 1.29 is 14.7 Å². The molecule has 5 heteroatoms. The Hall–Kier alpha value is -2.04. The summed E-state index contributed by atoms with van der Waals surface area (Å²) < 4.78 is 0. The third kappa shape index (κ3) is 4.57. The number of rotatable bonds is 7. The molecule has 0 saturated heterocycles. The van der Waals surface area contributed by atoms with Crippen molar-refractivity contribution in [2.75, 3.05) is 6.54 Å². The van der Waals surface area contributed by atoms with Gasteiger partial charge in [-0.1, -0.05) is 30.3 Å². The number of amides is 2. The Bertz CT molecular complexity index is 457. The zero-order valence-electron chi connectivity index (χ0n) is 11.3. The molecule has 0 bridgehead atoms. The summed E-state index contributed by atoms with van der Waals surface area (Å²) in [4.78, 5) is 22.2. The van der Waals surface area contributed by atoms with Crippen LogP contribution in [0.25, 0.3) is 0 Å². The van der Waals surface area contributed by atoms with Crippen LogP contribution in [0.3, 0.4) is 0 Å². The van der Waals surface area contributed by atoms with Gasteiger partial charge in [0, 0.05) is 13.0 Å². The van der Waals surface area contributed by atoms with Crippen LogP contribution in [0.4, 0.5) is 4.79 Å². The summed E-state index contributed by atoms with van der Waals surface area (Å²) in [6.45, 7) is 0.379. The van der Waals surface area contributed by atoms with Crippen LogP contribution < -0.4 is 10.6 Å². The van der Waals surface area contributed by atoms with E-state index in [4.69, 9.17) is 5.11 Å². The number of hydrogen-bond acceptors (Lipinski definition) is 2. The van der Waals surface area contributed by atoms with Crippen LogP contribution in [0.15, 0.2) is 30.3 Å². The Morgan fingerprint density at radius 3 is 2.55 bits per heavy atom. The number of carbonyl (C=O) groups excluding carboxylic acids is 1. The van der Waals surface area contributed by atoms with Gasteiger partial charge in [-0.05, 0) is 30.7 Å². The molecule has 1 aromatic carbocycles. The first-order valence-corrected chi connectivity index (χ1v) is 6.98. The van der Waals surface area contributed by atoms with E-state index < -0.39 is 5.97 Å². The highest BCUT2D eigenvalue weighted by Gasteiger charge is 2.33. The summed E-state index contributed by atoms with van der Waals surface area (Å²) in [5.41, 5.74) is 1.12. The smallest absolute Gasteiger partial charge is 0.315 e. The first-order chi connectivity index (χ1) is 9.66. The van der Waals surface area contributed by atoms with Crippen LogP contribution in [-0.2, 0) is 4.79 Å². The molecule has 0 spiro atoms.